The highest BCUT2D eigenvalue weighted by molar-refractivity contribution is 8.00. The van der Waals surface area contributed by atoms with Crippen molar-refractivity contribution in [3.8, 4) is 0 Å². The lowest BCUT2D eigenvalue weighted by Gasteiger charge is -2.19. The van der Waals surface area contributed by atoms with E-state index in [1.807, 2.05) is 55.3 Å². The Balaban J connectivity index is 1.52. The van der Waals surface area contributed by atoms with Crippen molar-refractivity contribution in [2.45, 2.75) is 18.7 Å². The minimum Gasteiger partial charge on any atom is -0.448 e. The zero-order valence-corrected chi connectivity index (χ0v) is 20.1. The summed E-state index contributed by atoms with van der Waals surface area (Å²) in [6.45, 7) is 3.99. The highest BCUT2D eigenvalue weighted by Crippen LogP contribution is 2.35. The van der Waals surface area contributed by atoms with Crippen LogP contribution in [0.25, 0.3) is 10.2 Å². The van der Waals surface area contributed by atoms with Gasteiger partial charge in [-0.25, -0.2) is 4.98 Å². The van der Waals surface area contributed by atoms with Crippen LogP contribution in [0.4, 0.5) is 11.0 Å². The van der Waals surface area contributed by atoms with Gasteiger partial charge in [0.1, 0.15) is 0 Å². The van der Waals surface area contributed by atoms with E-state index in [0.717, 1.165) is 26.5 Å². The number of thioether (sulfide) groups is 1. The van der Waals surface area contributed by atoms with Crippen LogP contribution in [0.2, 0.25) is 0 Å². The smallest absolute Gasteiger partial charge is 0.284 e. The van der Waals surface area contributed by atoms with Crippen molar-refractivity contribution in [1.29, 1.82) is 0 Å². The number of hydrogen-bond donors (Lipinski definition) is 0. The monoisotopic (exact) mass is 474 g/mol. The number of rotatable bonds is 6. The fourth-order valence-corrected chi connectivity index (χ4v) is 5.32. The number of carbonyl (C=O) groups excluding carboxylic acids is 1. The Labute approximate surface area is 200 Å². The maximum atomic E-state index is 13.6. The molecule has 4 aromatic rings. The molecule has 166 valence electrons. The van der Waals surface area contributed by atoms with Crippen LogP contribution in [-0.2, 0) is 4.79 Å². The zero-order valence-electron chi connectivity index (χ0n) is 18.5. The molecule has 0 saturated heterocycles. The van der Waals surface area contributed by atoms with Crippen LogP contribution in [0.1, 0.15) is 12.5 Å². The predicted octanol–water partition coefficient (Wildman–Crippen LogP) is 6.10. The molecular weight excluding hydrogens is 452 g/mol. The second kappa shape index (κ2) is 8.88. The van der Waals surface area contributed by atoms with Crippen molar-refractivity contribution in [3.05, 3.63) is 83.8 Å². The number of para-hydroxylation sites is 1. The Bertz CT molecular complexity index is 1340. The molecule has 6 nitrogen and oxygen atoms in total. The quantitative estimate of drug-likeness (QED) is 0.249. The van der Waals surface area contributed by atoms with Crippen LogP contribution < -0.4 is 9.91 Å². The molecule has 0 saturated carbocycles. The van der Waals surface area contributed by atoms with Crippen LogP contribution in [0.15, 0.2) is 92.6 Å². The number of furan rings is 1. The SMILES string of the molecule is C/C(=C1/C(=O)N(c2nc3ccccc3s2)N=C1CSc1ccc(C)cc1)N(C)c1ccco1. The lowest BCUT2D eigenvalue weighted by molar-refractivity contribution is -0.114. The average molecular weight is 475 g/mol. The molecule has 0 unspecified atom stereocenters. The summed E-state index contributed by atoms with van der Waals surface area (Å²) in [4.78, 5) is 21.3. The molecule has 0 fully saturated rings. The van der Waals surface area contributed by atoms with Crippen LogP contribution in [0.3, 0.4) is 0 Å². The van der Waals surface area contributed by atoms with Gasteiger partial charge in [0, 0.05) is 29.5 Å². The topological polar surface area (TPSA) is 61.9 Å². The van der Waals surface area contributed by atoms with Gasteiger partial charge >= 0.3 is 0 Å². The Kier molecular flexibility index (Phi) is 5.78. The molecule has 3 heterocycles. The van der Waals surface area contributed by atoms with E-state index in [1.54, 1.807) is 18.0 Å². The summed E-state index contributed by atoms with van der Waals surface area (Å²) < 4.78 is 6.57. The number of anilines is 2. The zero-order chi connectivity index (χ0) is 22.9. The van der Waals surface area contributed by atoms with E-state index >= 15 is 0 Å². The third-order valence-corrected chi connectivity index (χ3v) is 7.51. The van der Waals surface area contributed by atoms with E-state index < -0.39 is 0 Å². The highest BCUT2D eigenvalue weighted by Gasteiger charge is 2.35. The molecular formula is C25H22N4O2S2. The number of nitrogens with zero attached hydrogens (tertiary/aromatic N) is 4. The van der Waals surface area contributed by atoms with Crippen molar-refractivity contribution >= 4 is 55.9 Å². The summed E-state index contributed by atoms with van der Waals surface area (Å²) in [5.74, 6) is 1.05. The number of thiazole rings is 1. The van der Waals surface area contributed by atoms with Crippen LogP contribution in [0.5, 0.6) is 0 Å². The molecule has 0 aliphatic carbocycles. The van der Waals surface area contributed by atoms with Gasteiger partial charge in [-0.2, -0.15) is 10.1 Å². The first-order valence-electron chi connectivity index (χ1n) is 10.5. The average Bonchev–Trinajstić information content (AvgIpc) is 3.56. The molecule has 33 heavy (non-hydrogen) atoms. The first kappa shape index (κ1) is 21.5. The van der Waals surface area contributed by atoms with Gasteiger partial charge in [0.05, 0.1) is 27.8 Å². The van der Waals surface area contributed by atoms with Crippen molar-refractivity contribution in [2.75, 3.05) is 22.7 Å². The van der Waals surface area contributed by atoms with Crippen molar-refractivity contribution < 1.29 is 9.21 Å². The van der Waals surface area contributed by atoms with Crippen LogP contribution >= 0.6 is 23.1 Å². The molecule has 2 aromatic heterocycles. The molecule has 0 bridgehead atoms. The summed E-state index contributed by atoms with van der Waals surface area (Å²) in [6.07, 6.45) is 1.62. The molecule has 8 heteroatoms. The number of carbonyl (C=O) groups is 1. The van der Waals surface area contributed by atoms with E-state index in [2.05, 4.69) is 36.2 Å². The summed E-state index contributed by atoms with van der Waals surface area (Å²) in [5, 5.41) is 6.75. The Morgan fingerprint density at radius 1 is 1.12 bits per heavy atom. The van der Waals surface area contributed by atoms with Gasteiger partial charge in [0.25, 0.3) is 5.91 Å². The van der Waals surface area contributed by atoms with E-state index in [0.29, 0.717) is 22.3 Å². The largest absolute Gasteiger partial charge is 0.448 e. The third-order valence-electron chi connectivity index (χ3n) is 5.48. The van der Waals surface area contributed by atoms with Gasteiger partial charge in [0.15, 0.2) is 5.88 Å². The van der Waals surface area contributed by atoms with E-state index in [1.165, 1.54) is 21.9 Å². The fourth-order valence-electron chi connectivity index (χ4n) is 3.57. The molecule has 0 N–H and O–H groups in total. The summed E-state index contributed by atoms with van der Waals surface area (Å²) in [7, 11) is 1.89. The van der Waals surface area contributed by atoms with Crippen LogP contribution in [0, 0.1) is 6.92 Å². The number of benzene rings is 2. The molecule has 1 amide bonds. The first-order chi connectivity index (χ1) is 16.0. The number of aromatic nitrogens is 1. The fraction of sp³-hybridized carbons (Fsp3) is 0.160. The van der Waals surface area contributed by atoms with Gasteiger partial charge < -0.3 is 9.32 Å². The van der Waals surface area contributed by atoms with Gasteiger partial charge in [0.2, 0.25) is 5.13 Å². The summed E-state index contributed by atoms with van der Waals surface area (Å²) >= 11 is 3.12. The Hall–Kier alpha value is -3.36. The van der Waals surface area contributed by atoms with Crippen molar-refractivity contribution in [3.63, 3.8) is 0 Å². The van der Waals surface area contributed by atoms with E-state index in [4.69, 9.17) is 9.52 Å². The second-order valence-electron chi connectivity index (χ2n) is 7.70. The minimum absolute atomic E-state index is 0.176. The van der Waals surface area contributed by atoms with Gasteiger partial charge in [-0.3, -0.25) is 4.79 Å². The predicted molar refractivity (Wildman–Crippen MR) is 136 cm³/mol. The lowest BCUT2D eigenvalue weighted by Crippen LogP contribution is -2.26. The molecule has 0 atom stereocenters. The lowest BCUT2D eigenvalue weighted by atomic mass is 10.1. The molecule has 2 aromatic carbocycles. The highest BCUT2D eigenvalue weighted by atomic mass is 32.2. The van der Waals surface area contributed by atoms with Gasteiger partial charge in [-0.05, 0) is 44.2 Å². The molecule has 1 aliphatic rings. The minimum atomic E-state index is -0.176. The number of hydrazone groups is 1. The van der Waals surface area contributed by atoms with E-state index in [9.17, 15) is 4.79 Å². The maximum absolute atomic E-state index is 13.6. The van der Waals surface area contributed by atoms with Crippen molar-refractivity contribution in [1.82, 2.24) is 4.98 Å². The number of allylic oxidation sites excluding steroid dienone is 1. The number of amides is 1. The second-order valence-corrected chi connectivity index (χ2v) is 9.76. The third kappa shape index (κ3) is 4.19. The molecule has 0 spiro atoms. The Morgan fingerprint density at radius 3 is 2.64 bits per heavy atom. The number of aryl methyl sites for hydroxylation is 1. The van der Waals surface area contributed by atoms with Gasteiger partial charge in [-0.15, -0.1) is 11.8 Å². The number of hydrogen-bond acceptors (Lipinski definition) is 7. The van der Waals surface area contributed by atoms with Crippen LogP contribution in [-0.4, -0.2) is 29.4 Å². The summed E-state index contributed by atoms with van der Waals surface area (Å²) in [5.41, 5.74) is 4.15. The first-order valence-corrected chi connectivity index (χ1v) is 12.3. The normalized spacial score (nSPS) is 15.3. The van der Waals surface area contributed by atoms with E-state index in [-0.39, 0.29) is 5.91 Å². The summed E-state index contributed by atoms with van der Waals surface area (Å²) in [6, 6.07) is 19.9. The molecule has 5 rings (SSSR count). The molecule has 0 radical (unpaired) electrons. The Morgan fingerprint density at radius 2 is 1.91 bits per heavy atom. The molecule has 1 aliphatic heterocycles. The maximum Gasteiger partial charge on any atom is 0.284 e. The van der Waals surface area contributed by atoms with Gasteiger partial charge in [-0.1, -0.05) is 41.2 Å². The standard InChI is InChI=1S/C25H22N4O2S2/c1-16-10-12-18(13-11-16)32-15-20-23(17(2)28(3)22-9-6-14-31-22)24(30)29(27-20)25-26-19-7-4-5-8-21(19)33-25/h4-14H,15H2,1-3H3/b23-17-. The van der Waals surface area contributed by atoms with Crippen molar-refractivity contribution in [2.24, 2.45) is 5.10 Å². The number of fused-ring (bicyclic) bond motifs is 1.